The van der Waals surface area contributed by atoms with Crippen molar-refractivity contribution in [3.63, 3.8) is 0 Å². The highest BCUT2D eigenvalue weighted by Gasteiger charge is 2.25. The van der Waals surface area contributed by atoms with Crippen LogP contribution in [-0.2, 0) is 26.0 Å². The van der Waals surface area contributed by atoms with Crippen molar-refractivity contribution in [3.05, 3.63) is 60.2 Å². The number of benzene rings is 2. The lowest BCUT2D eigenvalue weighted by molar-refractivity contribution is -0.139. The predicted octanol–water partition coefficient (Wildman–Crippen LogP) is 2.45. The second-order valence-electron chi connectivity index (χ2n) is 7.75. The molecule has 0 spiro atoms. The van der Waals surface area contributed by atoms with Crippen LogP contribution in [0.2, 0.25) is 0 Å². The lowest BCUT2D eigenvalue weighted by atomic mass is 10.1. The Morgan fingerprint density at radius 2 is 1.76 bits per heavy atom. The minimum atomic E-state index is -3.55. The highest BCUT2D eigenvalue weighted by molar-refractivity contribution is 7.92. The van der Waals surface area contributed by atoms with Crippen LogP contribution in [0.15, 0.2) is 54.6 Å². The Balaban J connectivity index is 2.09. The van der Waals surface area contributed by atoms with Gasteiger partial charge in [-0.1, -0.05) is 36.4 Å². The van der Waals surface area contributed by atoms with Crippen molar-refractivity contribution in [1.29, 1.82) is 0 Å². The van der Waals surface area contributed by atoms with E-state index in [-0.39, 0.29) is 24.8 Å². The third-order valence-electron chi connectivity index (χ3n) is 5.39. The van der Waals surface area contributed by atoms with Crippen molar-refractivity contribution < 1.29 is 22.7 Å². The Bertz CT molecular complexity index is 1030. The molecule has 180 valence electrons. The van der Waals surface area contributed by atoms with E-state index in [4.69, 9.17) is 4.74 Å². The van der Waals surface area contributed by atoms with Crippen molar-refractivity contribution in [2.75, 3.05) is 37.8 Å². The molecule has 0 saturated carbocycles. The number of rotatable bonds is 12. The third kappa shape index (κ3) is 7.78. The van der Waals surface area contributed by atoms with Crippen LogP contribution in [0.25, 0.3) is 0 Å². The first kappa shape index (κ1) is 26.2. The topological polar surface area (TPSA) is 96.0 Å². The fourth-order valence-electron chi connectivity index (χ4n) is 3.55. The number of nitrogens with one attached hydrogen (secondary N) is 1. The Hall–Kier alpha value is -3.07. The summed E-state index contributed by atoms with van der Waals surface area (Å²) in [7, 11) is -0.500. The lowest BCUT2D eigenvalue weighted by Gasteiger charge is -2.29. The average molecular weight is 476 g/mol. The van der Waals surface area contributed by atoms with Gasteiger partial charge < -0.3 is 15.0 Å². The SMILES string of the molecule is CNC(=O)C(C)N(CCc1ccccc1)C(=O)CCCN(c1cccc(OC)c1)S(C)(=O)=O. The maximum Gasteiger partial charge on any atom is 0.242 e. The van der Waals surface area contributed by atoms with E-state index >= 15 is 0 Å². The van der Waals surface area contributed by atoms with Gasteiger partial charge in [-0.05, 0) is 37.5 Å². The number of sulfonamides is 1. The molecule has 0 aromatic heterocycles. The summed E-state index contributed by atoms with van der Waals surface area (Å²) in [5.74, 6) is 0.107. The molecule has 0 saturated heterocycles. The molecule has 8 nitrogen and oxygen atoms in total. The lowest BCUT2D eigenvalue weighted by Crippen LogP contribution is -2.48. The first-order valence-corrected chi connectivity index (χ1v) is 12.7. The molecule has 0 aliphatic heterocycles. The number of carbonyl (C=O) groups excluding carboxylic acids is 2. The van der Waals surface area contributed by atoms with Crippen LogP contribution in [0.3, 0.4) is 0 Å². The zero-order valence-corrected chi connectivity index (χ0v) is 20.5. The van der Waals surface area contributed by atoms with Crippen LogP contribution in [0.1, 0.15) is 25.3 Å². The van der Waals surface area contributed by atoms with Gasteiger partial charge in [0.05, 0.1) is 19.1 Å². The summed E-state index contributed by atoms with van der Waals surface area (Å²) < 4.78 is 31.2. The number of amides is 2. The van der Waals surface area contributed by atoms with E-state index in [1.807, 2.05) is 30.3 Å². The summed E-state index contributed by atoms with van der Waals surface area (Å²) in [5.41, 5.74) is 1.55. The van der Waals surface area contributed by atoms with Crippen molar-refractivity contribution in [2.24, 2.45) is 0 Å². The smallest absolute Gasteiger partial charge is 0.242 e. The van der Waals surface area contributed by atoms with Crippen LogP contribution in [0.4, 0.5) is 5.69 Å². The van der Waals surface area contributed by atoms with Gasteiger partial charge in [0, 0.05) is 32.6 Å². The summed E-state index contributed by atoms with van der Waals surface area (Å²) in [6, 6.07) is 15.9. The molecule has 2 aromatic rings. The summed E-state index contributed by atoms with van der Waals surface area (Å²) in [5, 5.41) is 2.59. The van der Waals surface area contributed by atoms with E-state index in [1.54, 1.807) is 36.1 Å². The van der Waals surface area contributed by atoms with Gasteiger partial charge >= 0.3 is 0 Å². The number of nitrogens with zero attached hydrogens (tertiary/aromatic N) is 2. The van der Waals surface area contributed by atoms with Crippen LogP contribution < -0.4 is 14.4 Å². The molecule has 0 aliphatic rings. The molecule has 0 aliphatic carbocycles. The van der Waals surface area contributed by atoms with Crippen LogP contribution >= 0.6 is 0 Å². The summed E-state index contributed by atoms with van der Waals surface area (Å²) in [6.45, 7) is 2.22. The number of likely N-dealkylation sites (N-methyl/N-ethyl adjacent to an activating group) is 1. The molecule has 0 heterocycles. The zero-order chi connectivity index (χ0) is 24.4. The highest BCUT2D eigenvalue weighted by atomic mass is 32.2. The molecular formula is C24H33N3O5S. The Morgan fingerprint density at radius 3 is 2.36 bits per heavy atom. The standard InChI is InChI=1S/C24H33N3O5S/c1-19(24(29)25-2)26(17-15-20-10-6-5-7-11-20)23(28)14-9-16-27(33(4,30)31)21-12-8-13-22(18-21)32-3/h5-8,10-13,18-19H,9,14-17H2,1-4H3,(H,25,29). The van der Waals surface area contributed by atoms with E-state index in [0.29, 0.717) is 30.8 Å². The molecular weight excluding hydrogens is 442 g/mol. The molecule has 1 atom stereocenters. The normalized spacial score (nSPS) is 12.0. The first-order valence-electron chi connectivity index (χ1n) is 10.8. The second kappa shape index (κ2) is 12.2. The molecule has 1 N–H and O–H groups in total. The number of carbonyl (C=O) groups is 2. The quantitative estimate of drug-likeness (QED) is 0.509. The molecule has 2 amide bonds. The summed E-state index contributed by atoms with van der Waals surface area (Å²) in [6.07, 6.45) is 2.18. The van der Waals surface area contributed by atoms with E-state index in [2.05, 4.69) is 5.32 Å². The van der Waals surface area contributed by atoms with Gasteiger partial charge in [0.15, 0.2) is 0 Å². The van der Waals surface area contributed by atoms with Gasteiger partial charge in [0.25, 0.3) is 0 Å². The molecule has 0 fully saturated rings. The number of ether oxygens (including phenoxy) is 1. The average Bonchev–Trinajstić information content (AvgIpc) is 2.81. The molecule has 33 heavy (non-hydrogen) atoms. The van der Waals surface area contributed by atoms with Crippen molar-refractivity contribution >= 4 is 27.5 Å². The van der Waals surface area contributed by atoms with Crippen molar-refractivity contribution in [2.45, 2.75) is 32.2 Å². The van der Waals surface area contributed by atoms with Crippen LogP contribution in [0.5, 0.6) is 5.75 Å². The minimum Gasteiger partial charge on any atom is -0.497 e. The van der Waals surface area contributed by atoms with E-state index in [0.717, 1.165) is 11.8 Å². The highest BCUT2D eigenvalue weighted by Crippen LogP contribution is 2.23. The zero-order valence-electron chi connectivity index (χ0n) is 19.7. The van der Waals surface area contributed by atoms with Gasteiger partial charge in [0.1, 0.15) is 11.8 Å². The monoisotopic (exact) mass is 475 g/mol. The molecule has 2 rings (SSSR count). The van der Waals surface area contributed by atoms with Gasteiger partial charge in [0.2, 0.25) is 21.8 Å². The maximum atomic E-state index is 13.1. The Morgan fingerprint density at radius 1 is 1.06 bits per heavy atom. The van der Waals surface area contributed by atoms with E-state index in [1.165, 1.54) is 18.5 Å². The van der Waals surface area contributed by atoms with Crippen LogP contribution in [-0.4, -0.2) is 64.7 Å². The Kier molecular flexibility index (Phi) is 9.72. The van der Waals surface area contributed by atoms with Gasteiger partial charge in [-0.15, -0.1) is 0 Å². The largest absolute Gasteiger partial charge is 0.497 e. The fourth-order valence-corrected chi connectivity index (χ4v) is 4.51. The predicted molar refractivity (Wildman–Crippen MR) is 130 cm³/mol. The first-order chi connectivity index (χ1) is 15.7. The van der Waals surface area contributed by atoms with E-state index in [9.17, 15) is 18.0 Å². The second-order valence-corrected chi connectivity index (χ2v) is 9.66. The fraction of sp³-hybridized carbons (Fsp3) is 0.417. The molecule has 2 aromatic carbocycles. The van der Waals surface area contributed by atoms with Crippen molar-refractivity contribution in [1.82, 2.24) is 10.2 Å². The Labute approximate surface area is 196 Å². The number of hydrogen-bond acceptors (Lipinski definition) is 5. The number of methoxy groups -OCH3 is 1. The number of hydrogen-bond donors (Lipinski definition) is 1. The summed E-state index contributed by atoms with van der Waals surface area (Å²) in [4.78, 5) is 26.8. The molecule has 1 unspecified atom stereocenters. The number of anilines is 1. The van der Waals surface area contributed by atoms with Gasteiger partial charge in [-0.25, -0.2) is 8.42 Å². The van der Waals surface area contributed by atoms with Gasteiger partial charge in [-0.2, -0.15) is 0 Å². The van der Waals surface area contributed by atoms with Crippen LogP contribution in [0, 0.1) is 0 Å². The molecule has 0 radical (unpaired) electrons. The van der Waals surface area contributed by atoms with Gasteiger partial charge in [-0.3, -0.25) is 13.9 Å². The minimum absolute atomic E-state index is 0.117. The molecule has 9 heteroatoms. The molecule has 0 bridgehead atoms. The van der Waals surface area contributed by atoms with E-state index < -0.39 is 16.1 Å². The third-order valence-corrected chi connectivity index (χ3v) is 6.59. The summed E-state index contributed by atoms with van der Waals surface area (Å²) >= 11 is 0. The van der Waals surface area contributed by atoms with Crippen molar-refractivity contribution in [3.8, 4) is 5.75 Å². The maximum absolute atomic E-state index is 13.1.